The molecule has 58 heavy (non-hydrogen) atoms. The number of hydrogen-bond acceptors (Lipinski definition) is 5. The van der Waals surface area contributed by atoms with Crippen LogP contribution in [0.3, 0.4) is 0 Å². The van der Waals surface area contributed by atoms with E-state index in [-0.39, 0.29) is 25.2 Å². The van der Waals surface area contributed by atoms with Crippen molar-refractivity contribution >= 4 is 11.9 Å². The summed E-state index contributed by atoms with van der Waals surface area (Å²) in [5.41, 5.74) is 0. The molecule has 0 aliphatic rings. The van der Waals surface area contributed by atoms with Crippen molar-refractivity contribution in [1.29, 1.82) is 0 Å². The number of esters is 2. The molecule has 5 heteroatoms. The zero-order valence-corrected chi connectivity index (χ0v) is 38.0. The summed E-state index contributed by atoms with van der Waals surface area (Å²) in [5.74, 6) is -0.457. The molecule has 0 bridgehead atoms. The third-order valence-electron chi connectivity index (χ3n) is 9.87. The molecule has 0 rings (SSSR count). The van der Waals surface area contributed by atoms with Gasteiger partial charge in [0, 0.05) is 19.4 Å². The molecular weight excluding hydrogens is 717 g/mol. The second kappa shape index (κ2) is 48.4. The van der Waals surface area contributed by atoms with E-state index in [4.69, 9.17) is 14.2 Å². The molecule has 0 heterocycles. The minimum absolute atomic E-state index is 0.0580. The van der Waals surface area contributed by atoms with Gasteiger partial charge in [0.05, 0.1) is 6.61 Å². The van der Waals surface area contributed by atoms with Crippen molar-refractivity contribution in [3.63, 3.8) is 0 Å². The maximum Gasteiger partial charge on any atom is 0.306 e. The summed E-state index contributed by atoms with van der Waals surface area (Å²) in [6.45, 7) is 7.55. The predicted molar refractivity (Wildman–Crippen MR) is 251 cm³/mol. The predicted octanol–water partition coefficient (Wildman–Crippen LogP) is 16.1. The standard InChI is InChI=1S/C53H90O5/c1-4-7-10-13-16-19-22-25-27-29-31-34-37-40-43-46-52(54)57-50-51(49-56-48-45-42-39-36-33-30-26-23-20-17-14-11-8-5-2)58-53(55)47-44-41-38-35-32-28-24-21-18-15-12-9-6-3/h9,11-12,14,16,18-21,23,25,27-28,32,51H,4-8,10,13,15,17,22,24,26,29-31,33-50H2,1-3H3/b12-9-,14-11-,19-16-,21-18-,23-20-,27-25-,32-28-. The van der Waals surface area contributed by atoms with E-state index in [1.807, 2.05) is 0 Å². The fraction of sp³-hybridized carbons (Fsp3) is 0.698. The molecule has 332 valence electrons. The van der Waals surface area contributed by atoms with Gasteiger partial charge in [-0.25, -0.2) is 0 Å². The Kier molecular flexibility index (Phi) is 46.0. The van der Waals surface area contributed by atoms with Gasteiger partial charge in [-0.2, -0.15) is 0 Å². The third-order valence-corrected chi connectivity index (χ3v) is 9.87. The maximum atomic E-state index is 12.7. The van der Waals surface area contributed by atoms with Crippen LogP contribution in [-0.2, 0) is 23.8 Å². The van der Waals surface area contributed by atoms with Crippen LogP contribution >= 0.6 is 0 Å². The number of carbonyl (C=O) groups excluding carboxylic acids is 2. The summed E-state index contributed by atoms with van der Waals surface area (Å²) in [5, 5.41) is 0. The molecular formula is C53H90O5. The summed E-state index contributed by atoms with van der Waals surface area (Å²) in [7, 11) is 0. The highest BCUT2D eigenvalue weighted by atomic mass is 16.6. The molecule has 0 N–H and O–H groups in total. The summed E-state index contributed by atoms with van der Waals surface area (Å²) in [6.07, 6.45) is 63.0. The average molecular weight is 807 g/mol. The zero-order valence-electron chi connectivity index (χ0n) is 38.0. The Bertz CT molecular complexity index is 1090. The Morgan fingerprint density at radius 3 is 1.33 bits per heavy atom. The lowest BCUT2D eigenvalue weighted by Crippen LogP contribution is -2.30. The first-order valence-electron chi connectivity index (χ1n) is 24.1. The van der Waals surface area contributed by atoms with E-state index in [0.717, 1.165) is 96.3 Å². The third kappa shape index (κ3) is 45.8. The molecule has 0 aromatic rings. The number of allylic oxidation sites excluding steroid dienone is 14. The van der Waals surface area contributed by atoms with Gasteiger partial charge in [-0.3, -0.25) is 9.59 Å². The molecule has 0 aromatic carbocycles. The Hall–Kier alpha value is -2.92. The number of rotatable bonds is 43. The van der Waals surface area contributed by atoms with Crippen molar-refractivity contribution in [3.8, 4) is 0 Å². The van der Waals surface area contributed by atoms with Crippen molar-refractivity contribution in [2.24, 2.45) is 0 Å². The molecule has 0 spiro atoms. The van der Waals surface area contributed by atoms with E-state index in [9.17, 15) is 9.59 Å². The Morgan fingerprint density at radius 2 is 0.810 bits per heavy atom. The van der Waals surface area contributed by atoms with Crippen molar-refractivity contribution in [1.82, 2.24) is 0 Å². The van der Waals surface area contributed by atoms with E-state index < -0.39 is 6.10 Å². The lowest BCUT2D eigenvalue weighted by atomic mass is 10.1. The minimum atomic E-state index is -0.565. The molecule has 0 aliphatic carbocycles. The lowest BCUT2D eigenvalue weighted by Gasteiger charge is -2.18. The first kappa shape index (κ1) is 55.1. The fourth-order valence-corrected chi connectivity index (χ4v) is 6.30. The van der Waals surface area contributed by atoms with Gasteiger partial charge in [0.2, 0.25) is 0 Å². The van der Waals surface area contributed by atoms with Crippen molar-refractivity contribution in [2.45, 2.75) is 219 Å². The topological polar surface area (TPSA) is 61.8 Å². The van der Waals surface area contributed by atoms with E-state index in [0.29, 0.717) is 19.4 Å². The number of ether oxygens (including phenoxy) is 3. The van der Waals surface area contributed by atoms with Gasteiger partial charge in [-0.05, 0) is 109 Å². The van der Waals surface area contributed by atoms with Crippen LogP contribution in [0, 0.1) is 0 Å². The van der Waals surface area contributed by atoms with Crippen molar-refractivity contribution in [2.75, 3.05) is 19.8 Å². The molecule has 1 atom stereocenters. The van der Waals surface area contributed by atoms with E-state index >= 15 is 0 Å². The van der Waals surface area contributed by atoms with Crippen molar-refractivity contribution < 1.29 is 23.8 Å². The van der Waals surface area contributed by atoms with Gasteiger partial charge in [0.25, 0.3) is 0 Å². The monoisotopic (exact) mass is 807 g/mol. The second-order valence-corrected chi connectivity index (χ2v) is 15.6. The van der Waals surface area contributed by atoms with Crippen LogP contribution in [0.25, 0.3) is 0 Å². The van der Waals surface area contributed by atoms with Gasteiger partial charge in [0.15, 0.2) is 6.10 Å². The number of carbonyl (C=O) groups is 2. The molecule has 5 nitrogen and oxygen atoms in total. The van der Waals surface area contributed by atoms with Crippen molar-refractivity contribution in [3.05, 3.63) is 85.1 Å². The highest BCUT2D eigenvalue weighted by molar-refractivity contribution is 5.70. The van der Waals surface area contributed by atoms with Gasteiger partial charge < -0.3 is 14.2 Å². The summed E-state index contributed by atoms with van der Waals surface area (Å²) < 4.78 is 17.3. The maximum absolute atomic E-state index is 12.7. The Balaban J connectivity index is 4.36. The molecule has 0 aromatic heterocycles. The molecule has 0 fully saturated rings. The normalized spacial score (nSPS) is 12.9. The molecule has 0 aliphatic heterocycles. The van der Waals surface area contributed by atoms with E-state index in [1.165, 1.54) is 83.5 Å². The zero-order chi connectivity index (χ0) is 42.1. The van der Waals surface area contributed by atoms with E-state index in [1.54, 1.807) is 0 Å². The lowest BCUT2D eigenvalue weighted by molar-refractivity contribution is -0.163. The Morgan fingerprint density at radius 1 is 0.397 bits per heavy atom. The summed E-state index contributed by atoms with van der Waals surface area (Å²) >= 11 is 0. The van der Waals surface area contributed by atoms with Gasteiger partial charge >= 0.3 is 11.9 Å². The highest BCUT2D eigenvalue weighted by Crippen LogP contribution is 2.12. The smallest absolute Gasteiger partial charge is 0.306 e. The fourth-order valence-electron chi connectivity index (χ4n) is 6.30. The summed E-state index contributed by atoms with van der Waals surface area (Å²) in [4.78, 5) is 25.3. The Labute approximate surface area is 359 Å². The largest absolute Gasteiger partial charge is 0.462 e. The molecule has 0 amide bonds. The highest BCUT2D eigenvalue weighted by Gasteiger charge is 2.17. The van der Waals surface area contributed by atoms with Crippen LogP contribution < -0.4 is 0 Å². The van der Waals surface area contributed by atoms with Gasteiger partial charge in [-0.15, -0.1) is 0 Å². The molecule has 0 saturated carbocycles. The van der Waals surface area contributed by atoms with Crippen LogP contribution in [0.5, 0.6) is 0 Å². The first-order chi connectivity index (χ1) is 28.6. The number of unbranched alkanes of at least 4 members (excludes halogenated alkanes) is 18. The quantitative estimate of drug-likeness (QED) is 0.0349. The SMILES string of the molecule is CC/C=C\C/C=C\C/C=C\CCCCCC(=O)OC(COCCCCCCCC/C=C\C/C=C\CCC)COC(=O)CCCCCCC/C=C\C/C=C\CCCCC. The molecule has 1 unspecified atom stereocenters. The van der Waals surface area contributed by atoms with Crippen LogP contribution in [-0.4, -0.2) is 37.9 Å². The van der Waals surface area contributed by atoms with Crippen LogP contribution in [0.4, 0.5) is 0 Å². The van der Waals surface area contributed by atoms with Gasteiger partial charge in [0.1, 0.15) is 6.61 Å². The summed E-state index contributed by atoms with van der Waals surface area (Å²) in [6, 6.07) is 0. The number of hydrogen-bond donors (Lipinski definition) is 0. The van der Waals surface area contributed by atoms with Gasteiger partial charge in [-0.1, -0.05) is 176 Å². The van der Waals surface area contributed by atoms with E-state index in [2.05, 4.69) is 106 Å². The second-order valence-electron chi connectivity index (χ2n) is 15.6. The minimum Gasteiger partial charge on any atom is -0.462 e. The van der Waals surface area contributed by atoms with Crippen LogP contribution in [0.15, 0.2) is 85.1 Å². The van der Waals surface area contributed by atoms with Crippen LogP contribution in [0.2, 0.25) is 0 Å². The molecule has 0 saturated heterocycles. The first-order valence-corrected chi connectivity index (χ1v) is 24.1. The average Bonchev–Trinajstić information content (AvgIpc) is 3.22. The van der Waals surface area contributed by atoms with Crippen LogP contribution in [0.1, 0.15) is 213 Å². The molecule has 0 radical (unpaired) electrons.